The number of hydrogen-bond acceptors (Lipinski definition) is 4. The van der Waals surface area contributed by atoms with Crippen LogP contribution < -0.4 is 0 Å². The van der Waals surface area contributed by atoms with Crippen molar-refractivity contribution in [2.45, 2.75) is 32.5 Å². The molecule has 4 nitrogen and oxygen atoms in total. The number of rotatable bonds is 0. The first-order valence-electron chi connectivity index (χ1n) is 5.05. The summed E-state index contributed by atoms with van der Waals surface area (Å²) < 4.78 is 22.2. The summed E-state index contributed by atoms with van der Waals surface area (Å²) in [5.74, 6) is 0. The Labute approximate surface area is 99.4 Å². The Morgan fingerprint density at radius 1 is 1.13 bits per heavy atom. The molecular formula is C7H17O4Si4. The van der Waals surface area contributed by atoms with Crippen LogP contribution in [0.4, 0.5) is 0 Å². The fourth-order valence-corrected chi connectivity index (χ4v) is 7.98. The van der Waals surface area contributed by atoms with Crippen molar-refractivity contribution in [2.24, 2.45) is 0 Å². The molecule has 8 heteroatoms. The molecule has 0 amide bonds. The zero-order valence-corrected chi connectivity index (χ0v) is 13.5. The molecule has 1 fully saturated rings. The second-order valence-corrected chi connectivity index (χ2v) is 16.2. The maximum Gasteiger partial charge on any atom is 0.423 e. The van der Waals surface area contributed by atoms with Crippen molar-refractivity contribution >= 4 is 36.4 Å². The molecule has 0 aromatic rings. The summed E-state index contributed by atoms with van der Waals surface area (Å²) in [6, 6.07) is 0. The smallest absolute Gasteiger partial charge is 0.423 e. The van der Waals surface area contributed by atoms with E-state index in [0.29, 0.717) is 0 Å². The normalized spacial score (nSPS) is 26.6. The molecule has 5 radical (unpaired) electrons. The molecule has 0 spiro atoms. The van der Waals surface area contributed by atoms with Crippen LogP contribution in [0.2, 0.25) is 19.6 Å². The van der Waals surface area contributed by atoms with Gasteiger partial charge in [-0.15, -0.1) is 0 Å². The van der Waals surface area contributed by atoms with E-state index >= 15 is 0 Å². The van der Waals surface area contributed by atoms with Gasteiger partial charge < -0.3 is 17.1 Å². The Bertz CT molecular complexity index is 180. The van der Waals surface area contributed by atoms with Gasteiger partial charge in [0, 0.05) is 13.2 Å². The minimum absolute atomic E-state index is 0.112. The predicted octanol–water partition coefficient (Wildman–Crippen LogP) is 0.820. The Morgan fingerprint density at radius 3 is 2.67 bits per heavy atom. The lowest BCUT2D eigenvalue weighted by Crippen LogP contribution is -2.49. The Balaban J connectivity index is 2.38. The summed E-state index contributed by atoms with van der Waals surface area (Å²) in [7, 11) is -2.20. The molecule has 1 aliphatic heterocycles. The quantitative estimate of drug-likeness (QED) is 0.614. The first-order valence-corrected chi connectivity index (χ1v) is 12.5. The third-order valence-corrected chi connectivity index (χ3v) is 13.9. The van der Waals surface area contributed by atoms with Crippen LogP contribution >= 0.6 is 0 Å². The first-order chi connectivity index (χ1) is 7.13. The molecule has 0 N–H and O–H groups in total. The van der Waals surface area contributed by atoms with Crippen LogP contribution in [0.1, 0.15) is 12.8 Å². The van der Waals surface area contributed by atoms with E-state index in [9.17, 15) is 0 Å². The summed E-state index contributed by atoms with van der Waals surface area (Å²) in [6.07, 6.45) is 2.12. The molecular weight excluding hydrogens is 260 g/mol. The van der Waals surface area contributed by atoms with E-state index in [0.717, 1.165) is 26.1 Å². The molecule has 1 aliphatic rings. The van der Waals surface area contributed by atoms with E-state index in [1.165, 1.54) is 0 Å². The van der Waals surface area contributed by atoms with Crippen LogP contribution in [-0.4, -0.2) is 49.6 Å². The molecule has 0 bridgehead atoms. The second-order valence-electron chi connectivity index (χ2n) is 3.84. The minimum Gasteiger partial charge on any atom is -0.435 e. The van der Waals surface area contributed by atoms with Gasteiger partial charge in [0.2, 0.25) is 16.4 Å². The molecule has 85 valence electrons. The predicted molar refractivity (Wildman–Crippen MR) is 63.9 cm³/mol. The summed E-state index contributed by atoms with van der Waals surface area (Å²) in [4.78, 5) is 0. The zero-order chi connectivity index (χ0) is 11.1. The number of hydrogen-bond donors (Lipinski definition) is 0. The topological polar surface area (TPSA) is 36.9 Å². The summed E-state index contributed by atoms with van der Waals surface area (Å²) in [6.45, 7) is 8.24. The fraction of sp³-hybridized carbons (Fsp3) is 1.00. The van der Waals surface area contributed by atoms with Gasteiger partial charge in [-0.3, -0.25) is 0 Å². The van der Waals surface area contributed by atoms with Crippen LogP contribution in [-0.2, 0) is 17.1 Å². The highest BCUT2D eigenvalue weighted by atomic mass is 29.3. The average Bonchev–Trinajstić information content (AvgIpc) is 2.18. The SMILES string of the molecule is C[Si]1O[Si]O[Si]OCCCCO[Si]1(C)C. The van der Waals surface area contributed by atoms with Crippen LogP contribution in [0.3, 0.4) is 0 Å². The Kier molecular flexibility index (Phi) is 6.53. The molecule has 0 atom stereocenters. The highest BCUT2D eigenvalue weighted by molar-refractivity contribution is 7.27. The average molecular weight is 278 g/mol. The van der Waals surface area contributed by atoms with Crippen molar-refractivity contribution in [1.29, 1.82) is 0 Å². The lowest BCUT2D eigenvalue weighted by atomic mass is 10.3. The minimum atomic E-state index is -1.60. The van der Waals surface area contributed by atoms with Gasteiger partial charge in [0.15, 0.2) is 0 Å². The maximum absolute atomic E-state index is 5.97. The van der Waals surface area contributed by atoms with E-state index in [-0.39, 0.29) is 20.0 Å². The van der Waals surface area contributed by atoms with Gasteiger partial charge in [0.05, 0.1) is 0 Å². The van der Waals surface area contributed by atoms with Crippen LogP contribution in [0.5, 0.6) is 0 Å². The molecule has 0 aliphatic carbocycles. The summed E-state index contributed by atoms with van der Waals surface area (Å²) in [5, 5.41) is 0. The molecule has 1 rings (SSSR count). The molecule has 1 saturated heterocycles. The molecule has 15 heavy (non-hydrogen) atoms. The molecule has 0 unspecified atom stereocenters. The van der Waals surface area contributed by atoms with Crippen molar-refractivity contribution in [2.75, 3.05) is 13.2 Å². The first kappa shape index (κ1) is 13.8. The van der Waals surface area contributed by atoms with Crippen molar-refractivity contribution in [1.82, 2.24) is 0 Å². The van der Waals surface area contributed by atoms with Crippen molar-refractivity contribution < 1.29 is 17.1 Å². The summed E-state index contributed by atoms with van der Waals surface area (Å²) in [5.41, 5.74) is 0. The highest BCUT2D eigenvalue weighted by Crippen LogP contribution is 2.11. The Hall–Kier alpha value is 0.708. The third kappa shape index (κ3) is 5.54. The van der Waals surface area contributed by atoms with Gasteiger partial charge in [-0.05, 0) is 32.5 Å². The maximum atomic E-state index is 5.97. The molecule has 0 saturated carbocycles. The van der Waals surface area contributed by atoms with E-state index in [2.05, 4.69) is 19.6 Å². The van der Waals surface area contributed by atoms with Crippen LogP contribution in [0.25, 0.3) is 0 Å². The monoisotopic (exact) mass is 277 g/mol. The van der Waals surface area contributed by atoms with Crippen molar-refractivity contribution in [3.05, 3.63) is 0 Å². The van der Waals surface area contributed by atoms with Gasteiger partial charge >= 0.3 is 20.0 Å². The van der Waals surface area contributed by atoms with Crippen LogP contribution in [0, 0.1) is 0 Å². The third-order valence-electron chi connectivity index (χ3n) is 2.29. The molecule has 0 aromatic heterocycles. The molecule has 1 heterocycles. The van der Waals surface area contributed by atoms with E-state index in [1.54, 1.807) is 0 Å². The lowest BCUT2D eigenvalue weighted by molar-refractivity contribution is 0.246. The Morgan fingerprint density at radius 2 is 1.87 bits per heavy atom. The van der Waals surface area contributed by atoms with Crippen LogP contribution in [0.15, 0.2) is 0 Å². The second kappa shape index (κ2) is 7.12. The highest BCUT2D eigenvalue weighted by Gasteiger charge is 2.34. The van der Waals surface area contributed by atoms with Gasteiger partial charge in [0.25, 0.3) is 0 Å². The standard InChI is InChI=1S/C7H17O4Si4/c1-14-11-13-10-12-8-6-4-5-7-9-15(14,2)3/h4-7H2,1-3H3. The molecule has 0 aromatic carbocycles. The zero-order valence-electron chi connectivity index (χ0n) is 9.46. The van der Waals surface area contributed by atoms with E-state index in [1.807, 2.05) is 0 Å². The van der Waals surface area contributed by atoms with Gasteiger partial charge in [-0.25, -0.2) is 0 Å². The van der Waals surface area contributed by atoms with Gasteiger partial charge in [-0.2, -0.15) is 0 Å². The van der Waals surface area contributed by atoms with Crippen molar-refractivity contribution in [3.8, 4) is 0 Å². The van der Waals surface area contributed by atoms with E-state index in [4.69, 9.17) is 17.1 Å². The fourth-order valence-electron chi connectivity index (χ4n) is 1.000. The van der Waals surface area contributed by atoms with Crippen molar-refractivity contribution in [3.63, 3.8) is 0 Å². The van der Waals surface area contributed by atoms with Gasteiger partial charge in [-0.1, -0.05) is 0 Å². The van der Waals surface area contributed by atoms with E-state index < -0.39 is 16.4 Å². The summed E-state index contributed by atoms with van der Waals surface area (Å²) >= 11 is 0. The lowest BCUT2D eigenvalue weighted by Gasteiger charge is -2.27. The largest absolute Gasteiger partial charge is 0.435 e. The van der Waals surface area contributed by atoms with Gasteiger partial charge in [0.1, 0.15) is 0 Å².